The standard InChI is InChI=1S/C27H26N2O4/c1-4-19-10-12-20(13-11-19)17-32-21-14-15-22(23(30)16-21)26-27(18(3)28-29-26)33-25-9-7-6-8-24(25)31-5-2/h4,6-16,30H,1,5,17H2,2-3H3,(H,28,29). The van der Waals surface area contributed by atoms with Gasteiger partial charge in [0.1, 0.15) is 23.8 Å². The molecule has 0 aliphatic carbocycles. The van der Waals surface area contributed by atoms with Gasteiger partial charge in [0, 0.05) is 11.6 Å². The number of H-pyrrole nitrogens is 1. The fraction of sp³-hybridized carbons (Fsp3) is 0.148. The van der Waals surface area contributed by atoms with Gasteiger partial charge < -0.3 is 19.3 Å². The lowest BCUT2D eigenvalue weighted by molar-refractivity contribution is 0.304. The number of aromatic nitrogens is 2. The Hall–Kier alpha value is -4.19. The molecule has 0 aliphatic rings. The summed E-state index contributed by atoms with van der Waals surface area (Å²) in [5.74, 6) is 2.34. The largest absolute Gasteiger partial charge is 0.507 e. The summed E-state index contributed by atoms with van der Waals surface area (Å²) in [5, 5.41) is 18.0. The second-order valence-electron chi connectivity index (χ2n) is 7.42. The van der Waals surface area contributed by atoms with E-state index < -0.39 is 0 Å². The van der Waals surface area contributed by atoms with Gasteiger partial charge in [0.05, 0.1) is 12.3 Å². The second kappa shape index (κ2) is 9.96. The van der Waals surface area contributed by atoms with Crippen molar-refractivity contribution < 1.29 is 19.3 Å². The quantitative estimate of drug-likeness (QED) is 0.309. The summed E-state index contributed by atoms with van der Waals surface area (Å²) in [7, 11) is 0. The summed E-state index contributed by atoms with van der Waals surface area (Å²) >= 11 is 0. The van der Waals surface area contributed by atoms with Crippen molar-refractivity contribution in [2.75, 3.05) is 6.61 Å². The Balaban J connectivity index is 1.54. The lowest BCUT2D eigenvalue weighted by atomic mass is 10.1. The van der Waals surface area contributed by atoms with Crippen LogP contribution in [0.2, 0.25) is 0 Å². The van der Waals surface area contributed by atoms with Crippen LogP contribution in [-0.2, 0) is 6.61 Å². The van der Waals surface area contributed by atoms with Crippen molar-refractivity contribution in [1.82, 2.24) is 10.2 Å². The van der Waals surface area contributed by atoms with E-state index in [-0.39, 0.29) is 5.75 Å². The summed E-state index contributed by atoms with van der Waals surface area (Å²) in [5.41, 5.74) is 3.85. The normalized spacial score (nSPS) is 10.6. The highest BCUT2D eigenvalue weighted by Gasteiger charge is 2.19. The minimum atomic E-state index is 0.0453. The van der Waals surface area contributed by atoms with Crippen molar-refractivity contribution in [3.63, 3.8) is 0 Å². The Kier molecular flexibility index (Phi) is 6.64. The van der Waals surface area contributed by atoms with Crippen LogP contribution in [0.3, 0.4) is 0 Å². The van der Waals surface area contributed by atoms with Crippen LogP contribution in [0, 0.1) is 6.92 Å². The third-order valence-corrected chi connectivity index (χ3v) is 5.10. The molecule has 4 aromatic rings. The predicted octanol–water partition coefficient (Wildman–Crippen LogP) is 6.50. The van der Waals surface area contributed by atoms with E-state index >= 15 is 0 Å². The lowest BCUT2D eigenvalue weighted by Crippen LogP contribution is -1.96. The number of para-hydroxylation sites is 2. The van der Waals surface area contributed by atoms with Crippen molar-refractivity contribution in [2.24, 2.45) is 0 Å². The van der Waals surface area contributed by atoms with Crippen LogP contribution in [0.15, 0.2) is 73.3 Å². The first-order valence-corrected chi connectivity index (χ1v) is 10.7. The average molecular weight is 443 g/mol. The molecule has 3 aromatic carbocycles. The molecule has 1 heterocycles. The SMILES string of the molecule is C=Cc1ccc(COc2ccc(-c3n[nH]c(C)c3Oc3ccccc3OCC)c(O)c2)cc1. The molecule has 33 heavy (non-hydrogen) atoms. The fourth-order valence-corrected chi connectivity index (χ4v) is 3.36. The molecule has 0 radical (unpaired) electrons. The van der Waals surface area contributed by atoms with Crippen LogP contribution in [0.25, 0.3) is 17.3 Å². The molecule has 0 bridgehead atoms. The van der Waals surface area contributed by atoms with Crippen molar-refractivity contribution >= 4 is 6.08 Å². The van der Waals surface area contributed by atoms with Gasteiger partial charge in [-0.15, -0.1) is 0 Å². The summed E-state index contributed by atoms with van der Waals surface area (Å²) < 4.78 is 17.7. The summed E-state index contributed by atoms with van der Waals surface area (Å²) in [6.45, 7) is 8.46. The van der Waals surface area contributed by atoms with Crippen LogP contribution in [0.5, 0.6) is 28.7 Å². The van der Waals surface area contributed by atoms with E-state index in [4.69, 9.17) is 14.2 Å². The smallest absolute Gasteiger partial charge is 0.176 e. The lowest BCUT2D eigenvalue weighted by Gasteiger charge is -2.13. The van der Waals surface area contributed by atoms with Gasteiger partial charge in [0.15, 0.2) is 17.2 Å². The Morgan fingerprint density at radius 2 is 1.76 bits per heavy atom. The van der Waals surface area contributed by atoms with E-state index in [0.717, 1.165) is 16.8 Å². The predicted molar refractivity (Wildman–Crippen MR) is 129 cm³/mol. The molecule has 2 N–H and O–H groups in total. The number of phenolic OH excluding ortho intramolecular Hbond substituents is 1. The molecule has 6 heteroatoms. The van der Waals surface area contributed by atoms with Gasteiger partial charge in [0.25, 0.3) is 0 Å². The Labute approximate surface area is 193 Å². The Bertz CT molecular complexity index is 1250. The van der Waals surface area contributed by atoms with E-state index in [1.807, 2.05) is 62.4 Å². The maximum atomic E-state index is 10.7. The first kappa shape index (κ1) is 22.0. The number of phenols is 1. The second-order valence-corrected chi connectivity index (χ2v) is 7.42. The molecule has 0 fully saturated rings. The number of aromatic hydroxyl groups is 1. The molecule has 4 rings (SSSR count). The Morgan fingerprint density at radius 3 is 2.45 bits per heavy atom. The van der Waals surface area contributed by atoms with E-state index in [1.54, 1.807) is 24.3 Å². The number of hydrogen-bond acceptors (Lipinski definition) is 5. The number of nitrogens with zero attached hydrogens (tertiary/aromatic N) is 1. The molecule has 0 saturated heterocycles. The van der Waals surface area contributed by atoms with Crippen molar-refractivity contribution in [3.8, 4) is 40.0 Å². The van der Waals surface area contributed by atoms with Crippen molar-refractivity contribution in [3.05, 3.63) is 90.1 Å². The topological polar surface area (TPSA) is 76.6 Å². The van der Waals surface area contributed by atoms with Crippen LogP contribution in [0.1, 0.15) is 23.7 Å². The molecule has 0 aliphatic heterocycles. The van der Waals surface area contributed by atoms with Crippen molar-refractivity contribution in [1.29, 1.82) is 0 Å². The van der Waals surface area contributed by atoms with E-state index in [1.165, 1.54) is 0 Å². The molecule has 168 valence electrons. The minimum absolute atomic E-state index is 0.0453. The summed E-state index contributed by atoms with van der Waals surface area (Å²) in [4.78, 5) is 0. The van der Waals surface area contributed by atoms with Gasteiger partial charge >= 0.3 is 0 Å². The number of benzene rings is 3. The fourth-order valence-electron chi connectivity index (χ4n) is 3.36. The maximum absolute atomic E-state index is 10.7. The number of aromatic amines is 1. The molecule has 6 nitrogen and oxygen atoms in total. The number of rotatable bonds is 9. The van der Waals surface area contributed by atoms with Crippen LogP contribution < -0.4 is 14.2 Å². The first-order valence-electron chi connectivity index (χ1n) is 10.7. The summed E-state index contributed by atoms with van der Waals surface area (Å²) in [6, 6.07) is 20.5. The summed E-state index contributed by atoms with van der Waals surface area (Å²) in [6.07, 6.45) is 1.80. The zero-order chi connectivity index (χ0) is 23.2. The minimum Gasteiger partial charge on any atom is -0.507 e. The van der Waals surface area contributed by atoms with Gasteiger partial charge in [-0.2, -0.15) is 5.10 Å². The van der Waals surface area contributed by atoms with Crippen LogP contribution in [0.4, 0.5) is 0 Å². The molecule has 0 unspecified atom stereocenters. The molecular weight excluding hydrogens is 416 g/mol. The van der Waals surface area contributed by atoms with Crippen molar-refractivity contribution in [2.45, 2.75) is 20.5 Å². The molecule has 0 atom stereocenters. The molecule has 1 aromatic heterocycles. The highest BCUT2D eigenvalue weighted by molar-refractivity contribution is 5.74. The third-order valence-electron chi connectivity index (χ3n) is 5.10. The van der Waals surface area contributed by atoms with Gasteiger partial charge in [-0.05, 0) is 49.2 Å². The van der Waals surface area contributed by atoms with Crippen LogP contribution in [-0.4, -0.2) is 21.9 Å². The monoisotopic (exact) mass is 442 g/mol. The third kappa shape index (κ3) is 5.01. The van der Waals surface area contributed by atoms with Gasteiger partial charge in [0.2, 0.25) is 0 Å². The molecule has 0 amide bonds. The molecular formula is C27H26N2O4. The van der Waals surface area contributed by atoms with E-state index in [2.05, 4.69) is 16.8 Å². The van der Waals surface area contributed by atoms with E-state index in [0.29, 0.717) is 47.5 Å². The number of nitrogens with one attached hydrogen (secondary N) is 1. The Morgan fingerprint density at radius 1 is 1.00 bits per heavy atom. The molecule has 0 spiro atoms. The van der Waals surface area contributed by atoms with Gasteiger partial charge in [-0.3, -0.25) is 5.10 Å². The number of aryl methyl sites for hydroxylation is 1. The zero-order valence-electron chi connectivity index (χ0n) is 18.7. The van der Waals surface area contributed by atoms with Gasteiger partial charge in [-0.1, -0.05) is 49.1 Å². The zero-order valence-corrected chi connectivity index (χ0v) is 18.7. The van der Waals surface area contributed by atoms with Crippen LogP contribution >= 0.6 is 0 Å². The van der Waals surface area contributed by atoms with E-state index in [9.17, 15) is 5.11 Å². The maximum Gasteiger partial charge on any atom is 0.176 e. The number of hydrogen-bond donors (Lipinski definition) is 2. The first-order chi connectivity index (χ1) is 16.1. The average Bonchev–Trinajstić information content (AvgIpc) is 3.19. The highest BCUT2D eigenvalue weighted by atomic mass is 16.5. The van der Waals surface area contributed by atoms with Gasteiger partial charge in [-0.25, -0.2) is 0 Å². The molecule has 0 saturated carbocycles. The highest BCUT2D eigenvalue weighted by Crippen LogP contribution is 2.41. The number of ether oxygens (including phenoxy) is 3.